The molecule has 0 fully saturated rings. The minimum Gasteiger partial charge on any atom is -0.494 e. The van der Waals surface area contributed by atoms with Crippen molar-refractivity contribution in [3.63, 3.8) is 0 Å². The zero-order valence-electron chi connectivity index (χ0n) is 18.4. The maximum atomic E-state index is 13.2. The molecule has 0 spiro atoms. The Kier molecular flexibility index (Phi) is 5.60. The fourth-order valence-corrected chi connectivity index (χ4v) is 5.11. The molecule has 1 aliphatic rings. The number of thiophene rings is 1. The summed E-state index contributed by atoms with van der Waals surface area (Å²) in [7, 11) is 0. The van der Waals surface area contributed by atoms with Gasteiger partial charge in [0.1, 0.15) is 22.2 Å². The number of fused-ring (bicyclic) bond motifs is 2. The van der Waals surface area contributed by atoms with E-state index in [1.165, 1.54) is 11.3 Å². The van der Waals surface area contributed by atoms with Crippen LogP contribution in [0.1, 0.15) is 34.4 Å². The van der Waals surface area contributed by atoms with Crippen molar-refractivity contribution >= 4 is 33.1 Å². The van der Waals surface area contributed by atoms with E-state index in [2.05, 4.69) is 10.3 Å². The summed E-state index contributed by atoms with van der Waals surface area (Å²) in [5.74, 6) is 2.43. The summed E-state index contributed by atoms with van der Waals surface area (Å²) in [5, 5.41) is 3.48. The number of anilines is 1. The fourth-order valence-electron chi connectivity index (χ4n) is 4.03. The third kappa shape index (κ3) is 3.98. The molecule has 0 atom stereocenters. The van der Waals surface area contributed by atoms with Gasteiger partial charge in [-0.05, 0) is 62.2 Å². The van der Waals surface area contributed by atoms with Crippen LogP contribution in [0.5, 0.6) is 17.2 Å². The van der Waals surface area contributed by atoms with Gasteiger partial charge in [-0.3, -0.25) is 14.2 Å². The summed E-state index contributed by atoms with van der Waals surface area (Å²) < 4.78 is 13.2. The zero-order valence-corrected chi connectivity index (χ0v) is 19.2. The SMILES string of the molecule is CCOc1ccc(Oc2ccccc2NC(=O)c2sc3nc4n(c(=O)c3c2C)CCC4)cc1. The predicted molar refractivity (Wildman–Crippen MR) is 129 cm³/mol. The zero-order chi connectivity index (χ0) is 22.9. The van der Waals surface area contributed by atoms with E-state index in [0.29, 0.717) is 51.0 Å². The molecule has 0 saturated heterocycles. The lowest BCUT2D eigenvalue weighted by Gasteiger charge is -2.12. The second-order valence-corrected chi connectivity index (χ2v) is 8.78. The molecule has 3 heterocycles. The maximum absolute atomic E-state index is 13.2. The highest BCUT2D eigenvalue weighted by Crippen LogP contribution is 2.33. The van der Waals surface area contributed by atoms with Crippen molar-refractivity contribution in [3.05, 3.63) is 75.1 Å². The Labute approximate surface area is 194 Å². The van der Waals surface area contributed by atoms with Gasteiger partial charge in [0, 0.05) is 13.0 Å². The van der Waals surface area contributed by atoms with E-state index in [1.807, 2.05) is 43.3 Å². The number of ether oxygens (including phenoxy) is 2. The second-order valence-electron chi connectivity index (χ2n) is 7.78. The first kappa shape index (κ1) is 21.2. The first-order valence-corrected chi connectivity index (χ1v) is 11.7. The van der Waals surface area contributed by atoms with Crippen LogP contribution >= 0.6 is 11.3 Å². The number of para-hydroxylation sites is 2. The van der Waals surface area contributed by atoms with Crippen molar-refractivity contribution in [1.82, 2.24) is 9.55 Å². The van der Waals surface area contributed by atoms with Crippen molar-refractivity contribution < 1.29 is 14.3 Å². The van der Waals surface area contributed by atoms with E-state index >= 15 is 0 Å². The van der Waals surface area contributed by atoms with Crippen LogP contribution in [0, 0.1) is 6.92 Å². The molecule has 168 valence electrons. The lowest BCUT2D eigenvalue weighted by Crippen LogP contribution is -2.20. The number of carbonyl (C=O) groups is 1. The van der Waals surface area contributed by atoms with E-state index in [4.69, 9.17) is 9.47 Å². The fraction of sp³-hybridized carbons (Fsp3) is 0.240. The summed E-state index contributed by atoms with van der Waals surface area (Å²) in [4.78, 5) is 31.9. The van der Waals surface area contributed by atoms with Crippen LogP contribution in [-0.4, -0.2) is 22.1 Å². The molecule has 4 aromatic rings. The van der Waals surface area contributed by atoms with Gasteiger partial charge in [0.15, 0.2) is 5.75 Å². The molecule has 2 aromatic heterocycles. The van der Waals surface area contributed by atoms with Crippen molar-refractivity contribution in [2.24, 2.45) is 0 Å². The molecular weight excluding hydrogens is 438 g/mol. The summed E-state index contributed by atoms with van der Waals surface area (Å²) in [6, 6.07) is 14.6. The van der Waals surface area contributed by atoms with Crippen LogP contribution in [0.25, 0.3) is 10.2 Å². The van der Waals surface area contributed by atoms with Gasteiger partial charge in [-0.15, -0.1) is 11.3 Å². The van der Waals surface area contributed by atoms with Crippen LogP contribution < -0.4 is 20.3 Å². The Balaban J connectivity index is 1.42. The van der Waals surface area contributed by atoms with Crippen molar-refractivity contribution in [3.8, 4) is 17.2 Å². The largest absolute Gasteiger partial charge is 0.494 e. The molecule has 1 amide bonds. The van der Waals surface area contributed by atoms with Crippen LogP contribution in [-0.2, 0) is 13.0 Å². The molecule has 5 rings (SSSR count). The van der Waals surface area contributed by atoms with E-state index in [1.54, 1.807) is 23.6 Å². The van der Waals surface area contributed by atoms with Gasteiger partial charge in [0.2, 0.25) is 0 Å². The summed E-state index contributed by atoms with van der Waals surface area (Å²) in [5.41, 5.74) is 1.15. The second kappa shape index (κ2) is 8.71. The molecule has 2 aromatic carbocycles. The molecule has 1 N–H and O–H groups in total. The summed E-state index contributed by atoms with van der Waals surface area (Å²) in [6.07, 6.45) is 1.72. The molecule has 0 saturated carbocycles. The third-order valence-corrected chi connectivity index (χ3v) is 6.80. The van der Waals surface area contributed by atoms with E-state index < -0.39 is 0 Å². The average molecular weight is 462 g/mol. The first-order valence-electron chi connectivity index (χ1n) is 10.9. The van der Waals surface area contributed by atoms with Crippen LogP contribution in [0.15, 0.2) is 53.3 Å². The van der Waals surface area contributed by atoms with Gasteiger partial charge in [-0.2, -0.15) is 0 Å². The Morgan fingerprint density at radius 1 is 1.15 bits per heavy atom. The maximum Gasteiger partial charge on any atom is 0.266 e. The van der Waals surface area contributed by atoms with Crippen molar-refractivity contribution in [1.29, 1.82) is 0 Å². The topological polar surface area (TPSA) is 82.4 Å². The highest BCUT2D eigenvalue weighted by atomic mass is 32.1. The Morgan fingerprint density at radius 2 is 1.91 bits per heavy atom. The van der Waals surface area contributed by atoms with Crippen LogP contribution in [0.4, 0.5) is 5.69 Å². The lowest BCUT2D eigenvalue weighted by atomic mass is 10.2. The third-order valence-electron chi connectivity index (χ3n) is 5.62. The molecular formula is C25H23N3O4S. The molecule has 7 nitrogen and oxygen atoms in total. The molecule has 33 heavy (non-hydrogen) atoms. The summed E-state index contributed by atoms with van der Waals surface area (Å²) >= 11 is 1.26. The van der Waals surface area contributed by atoms with Gasteiger partial charge < -0.3 is 14.8 Å². The van der Waals surface area contributed by atoms with Crippen molar-refractivity contribution in [2.45, 2.75) is 33.2 Å². The van der Waals surface area contributed by atoms with Gasteiger partial charge >= 0.3 is 0 Å². The van der Waals surface area contributed by atoms with E-state index in [9.17, 15) is 9.59 Å². The molecule has 1 aliphatic heterocycles. The predicted octanol–water partition coefficient (Wildman–Crippen LogP) is 5.16. The number of hydrogen-bond acceptors (Lipinski definition) is 6. The number of benzene rings is 2. The standard InChI is InChI=1S/C25H23N3O4S/c1-3-31-16-10-12-17(13-11-16)32-19-8-5-4-7-18(19)26-23(29)22-15(2)21-24(33-22)27-20-9-6-14-28(20)25(21)30/h4-5,7-8,10-13H,3,6,9,14H2,1-2H3,(H,26,29). The quantitative estimate of drug-likeness (QED) is 0.429. The molecule has 8 heteroatoms. The Morgan fingerprint density at radius 3 is 2.70 bits per heavy atom. The normalized spacial score (nSPS) is 12.5. The minimum atomic E-state index is -0.289. The smallest absolute Gasteiger partial charge is 0.266 e. The van der Waals surface area contributed by atoms with E-state index in [0.717, 1.165) is 24.4 Å². The van der Waals surface area contributed by atoms with Crippen molar-refractivity contribution in [2.75, 3.05) is 11.9 Å². The number of rotatable bonds is 6. The number of nitrogens with zero attached hydrogens (tertiary/aromatic N) is 2. The number of aryl methyl sites for hydroxylation is 2. The highest BCUT2D eigenvalue weighted by molar-refractivity contribution is 7.20. The monoisotopic (exact) mass is 461 g/mol. The number of aromatic nitrogens is 2. The van der Waals surface area contributed by atoms with E-state index in [-0.39, 0.29) is 11.5 Å². The highest BCUT2D eigenvalue weighted by Gasteiger charge is 2.23. The first-order chi connectivity index (χ1) is 16.0. The lowest BCUT2D eigenvalue weighted by molar-refractivity contribution is 0.102. The van der Waals surface area contributed by atoms with Gasteiger partial charge in [-0.25, -0.2) is 4.98 Å². The number of amides is 1. The number of nitrogens with one attached hydrogen (secondary N) is 1. The Bertz CT molecular complexity index is 1410. The van der Waals surface area contributed by atoms with Crippen LogP contribution in [0.2, 0.25) is 0 Å². The molecule has 0 radical (unpaired) electrons. The van der Waals surface area contributed by atoms with Gasteiger partial charge in [-0.1, -0.05) is 12.1 Å². The Hall–Kier alpha value is -3.65. The molecule has 0 aliphatic carbocycles. The number of hydrogen-bond donors (Lipinski definition) is 1. The summed E-state index contributed by atoms with van der Waals surface area (Å²) in [6.45, 7) is 5.02. The van der Waals surface area contributed by atoms with Gasteiger partial charge in [0.05, 0.1) is 22.6 Å². The molecule has 0 unspecified atom stereocenters. The average Bonchev–Trinajstić information content (AvgIpc) is 3.42. The minimum absolute atomic E-state index is 0.0560. The molecule has 0 bridgehead atoms. The van der Waals surface area contributed by atoms with Gasteiger partial charge in [0.25, 0.3) is 11.5 Å². The number of carbonyl (C=O) groups excluding carboxylic acids is 1. The van der Waals surface area contributed by atoms with Crippen LogP contribution in [0.3, 0.4) is 0 Å².